The topological polar surface area (TPSA) is 118 Å². The Morgan fingerprint density at radius 3 is 1.70 bits per heavy atom. The van der Waals surface area contributed by atoms with Crippen LogP contribution in [-0.4, -0.2) is 65.9 Å². The molecule has 174 valence electrons. The van der Waals surface area contributed by atoms with Gasteiger partial charge in [-0.3, -0.25) is 4.79 Å². The van der Waals surface area contributed by atoms with Gasteiger partial charge in [0.05, 0.1) is 19.8 Å². The zero-order valence-electron chi connectivity index (χ0n) is 19.2. The van der Waals surface area contributed by atoms with Gasteiger partial charge in [-0.15, -0.1) is 0 Å². The van der Waals surface area contributed by atoms with Crippen LogP contribution in [0.2, 0.25) is 0 Å². The van der Waals surface area contributed by atoms with Crippen molar-refractivity contribution >= 4 is 23.9 Å². The third kappa shape index (κ3) is 11.7. The van der Waals surface area contributed by atoms with Gasteiger partial charge in [-0.25, -0.2) is 24.2 Å². The average molecular weight is 433 g/mol. The van der Waals surface area contributed by atoms with Crippen molar-refractivity contribution in [1.29, 1.82) is 0 Å². The van der Waals surface area contributed by atoms with E-state index in [0.29, 0.717) is 11.5 Å². The smallest absolute Gasteiger partial charge is 0.420 e. The first-order chi connectivity index (χ1) is 13.7. The number of rotatable bonds is 10. The van der Waals surface area contributed by atoms with Crippen LogP contribution in [0.25, 0.3) is 0 Å². The zero-order valence-corrected chi connectivity index (χ0v) is 19.2. The van der Waals surface area contributed by atoms with Crippen LogP contribution in [0.4, 0.5) is 9.59 Å². The van der Waals surface area contributed by atoms with Gasteiger partial charge in [0, 0.05) is 12.8 Å². The van der Waals surface area contributed by atoms with Crippen molar-refractivity contribution in [2.45, 2.75) is 85.5 Å². The highest BCUT2D eigenvalue weighted by Gasteiger charge is 2.42. The quantitative estimate of drug-likeness (QED) is 0.168. The monoisotopic (exact) mass is 433 g/mol. The highest BCUT2D eigenvalue weighted by atomic mass is 17.2. The maximum atomic E-state index is 12.8. The fourth-order valence-corrected chi connectivity index (χ4v) is 2.09. The second-order valence-corrected chi connectivity index (χ2v) is 8.32. The number of imide groups is 1. The van der Waals surface area contributed by atoms with Gasteiger partial charge in [-0.1, -0.05) is 0 Å². The maximum Gasteiger partial charge on any atom is 0.420 e. The number of ketones is 1. The summed E-state index contributed by atoms with van der Waals surface area (Å²) in [6, 6.07) is -1.55. The second kappa shape index (κ2) is 12.5. The summed E-state index contributed by atoms with van der Waals surface area (Å²) in [5, 5.41) is 0. The summed E-state index contributed by atoms with van der Waals surface area (Å²) >= 11 is 0. The Morgan fingerprint density at radius 1 is 0.800 bits per heavy atom. The first kappa shape index (κ1) is 27.8. The molecule has 0 N–H and O–H groups in total. The van der Waals surface area contributed by atoms with E-state index in [2.05, 4.69) is 0 Å². The molecule has 30 heavy (non-hydrogen) atoms. The fraction of sp³-hybridized carbons (Fsp3) is 0.800. The van der Waals surface area contributed by atoms with Crippen LogP contribution in [0.3, 0.4) is 0 Å². The van der Waals surface area contributed by atoms with Crippen molar-refractivity contribution in [3.8, 4) is 0 Å². The average Bonchev–Trinajstić information content (AvgIpc) is 2.55. The molecule has 0 aromatic carbocycles. The SMILES string of the molecule is CCOOCCC(=O)CC(C(=O)OCC)N(C(=O)OC(C)(C)C)C(=O)OC(C)(C)C. The predicted molar refractivity (Wildman–Crippen MR) is 107 cm³/mol. The Balaban J connectivity index is 5.76. The number of hydrogen-bond donors (Lipinski definition) is 0. The summed E-state index contributed by atoms with van der Waals surface area (Å²) in [5.41, 5.74) is -1.90. The van der Waals surface area contributed by atoms with E-state index in [1.165, 1.54) is 0 Å². The third-order valence-corrected chi connectivity index (χ3v) is 3.14. The molecule has 10 heteroatoms. The van der Waals surface area contributed by atoms with Crippen LogP contribution in [0.15, 0.2) is 0 Å². The molecule has 0 aliphatic heterocycles. The van der Waals surface area contributed by atoms with Crippen LogP contribution in [0.1, 0.15) is 68.2 Å². The minimum Gasteiger partial charge on any atom is -0.464 e. The lowest BCUT2D eigenvalue weighted by atomic mass is 10.1. The van der Waals surface area contributed by atoms with Gasteiger partial charge in [0.15, 0.2) is 6.04 Å². The van der Waals surface area contributed by atoms with Crippen LogP contribution in [-0.2, 0) is 33.6 Å². The molecule has 0 radical (unpaired) electrons. The summed E-state index contributed by atoms with van der Waals surface area (Å²) in [4.78, 5) is 60.4. The van der Waals surface area contributed by atoms with Crippen LogP contribution >= 0.6 is 0 Å². The fourth-order valence-electron chi connectivity index (χ4n) is 2.09. The van der Waals surface area contributed by atoms with Crippen molar-refractivity contribution in [1.82, 2.24) is 4.90 Å². The Hall–Kier alpha value is -2.20. The van der Waals surface area contributed by atoms with Crippen LogP contribution in [0.5, 0.6) is 0 Å². The summed E-state index contributed by atoms with van der Waals surface area (Å²) in [5.74, 6) is -1.36. The molecule has 0 aliphatic carbocycles. The summed E-state index contributed by atoms with van der Waals surface area (Å²) in [7, 11) is 0. The lowest BCUT2D eigenvalue weighted by molar-refractivity contribution is -0.290. The molecule has 0 aromatic heterocycles. The number of Topliss-reactive ketones (excluding diaryl/α,β-unsaturated/α-hetero) is 1. The van der Waals surface area contributed by atoms with Gasteiger partial charge < -0.3 is 14.2 Å². The Morgan fingerprint density at radius 2 is 1.30 bits per heavy atom. The molecule has 1 unspecified atom stereocenters. The molecule has 0 aromatic rings. The molecule has 2 amide bonds. The molecule has 0 aliphatic rings. The summed E-state index contributed by atoms with van der Waals surface area (Å²) in [6.45, 7) is 13.2. The molecular formula is C20H35NO9. The number of carbonyl (C=O) groups is 4. The second-order valence-electron chi connectivity index (χ2n) is 8.32. The first-order valence-electron chi connectivity index (χ1n) is 9.89. The minimum absolute atomic E-state index is 0.00650. The molecule has 0 saturated heterocycles. The van der Waals surface area contributed by atoms with Gasteiger partial charge in [0.25, 0.3) is 0 Å². The molecule has 0 fully saturated rings. The van der Waals surface area contributed by atoms with Crippen LogP contribution < -0.4 is 0 Å². The molecule has 0 rings (SSSR count). The van der Waals surface area contributed by atoms with E-state index in [4.69, 9.17) is 24.0 Å². The van der Waals surface area contributed by atoms with Gasteiger partial charge in [-0.2, -0.15) is 4.90 Å². The van der Waals surface area contributed by atoms with E-state index in [-0.39, 0.29) is 19.6 Å². The van der Waals surface area contributed by atoms with Gasteiger partial charge in [0.2, 0.25) is 0 Å². The molecule has 1 atom stereocenters. The van der Waals surface area contributed by atoms with Gasteiger partial charge in [0.1, 0.15) is 17.0 Å². The minimum atomic E-state index is -1.55. The molecule has 0 saturated carbocycles. The van der Waals surface area contributed by atoms with E-state index in [9.17, 15) is 19.2 Å². The lowest BCUT2D eigenvalue weighted by Gasteiger charge is -2.32. The van der Waals surface area contributed by atoms with Crippen molar-refractivity contribution in [3.63, 3.8) is 0 Å². The van der Waals surface area contributed by atoms with E-state index < -0.39 is 47.6 Å². The molecule has 0 bridgehead atoms. The first-order valence-corrected chi connectivity index (χ1v) is 9.89. The number of hydrogen-bond acceptors (Lipinski definition) is 9. The summed E-state index contributed by atoms with van der Waals surface area (Å²) in [6.07, 6.45) is -2.81. The Labute approximate surface area is 178 Å². The largest absolute Gasteiger partial charge is 0.464 e. The predicted octanol–water partition coefficient (Wildman–Crippen LogP) is 3.41. The zero-order chi connectivity index (χ0) is 23.5. The molecule has 0 heterocycles. The highest BCUT2D eigenvalue weighted by molar-refractivity contribution is 5.96. The van der Waals surface area contributed by atoms with Crippen molar-refractivity contribution in [2.75, 3.05) is 19.8 Å². The number of esters is 1. The van der Waals surface area contributed by atoms with E-state index >= 15 is 0 Å². The Kier molecular flexibility index (Phi) is 11.6. The number of carbonyl (C=O) groups excluding carboxylic acids is 4. The van der Waals surface area contributed by atoms with E-state index in [1.54, 1.807) is 55.4 Å². The number of ether oxygens (including phenoxy) is 3. The maximum absolute atomic E-state index is 12.8. The Bertz CT molecular complexity index is 562. The number of amides is 2. The van der Waals surface area contributed by atoms with Crippen molar-refractivity contribution in [3.05, 3.63) is 0 Å². The molecule has 10 nitrogen and oxygen atoms in total. The van der Waals surface area contributed by atoms with Crippen molar-refractivity contribution in [2.24, 2.45) is 0 Å². The normalized spacial score (nSPS) is 12.7. The molecule has 0 spiro atoms. The van der Waals surface area contributed by atoms with Gasteiger partial charge in [-0.05, 0) is 55.4 Å². The van der Waals surface area contributed by atoms with Crippen LogP contribution in [0, 0.1) is 0 Å². The molecular weight excluding hydrogens is 398 g/mol. The third-order valence-electron chi connectivity index (χ3n) is 3.14. The van der Waals surface area contributed by atoms with E-state index in [0.717, 1.165) is 0 Å². The number of nitrogens with zero attached hydrogens (tertiary/aromatic N) is 1. The standard InChI is InChI=1S/C20H35NO9/c1-9-26-16(23)15(13-14(22)11-12-28-27-10-2)21(17(24)29-19(3,4)5)18(25)30-20(6,7)8/h15H,9-13H2,1-8H3. The van der Waals surface area contributed by atoms with Crippen molar-refractivity contribution < 1.29 is 43.2 Å². The van der Waals surface area contributed by atoms with E-state index in [1.807, 2.05) is 0 Å². The van der Waals surface area contributed by atoms with Gasteiger partial charge >= 0.3 is 18.2 Å². The summed E-state index contributed by atoms with van der Waals surface area (Å²) < 4.78 is 15.5. The lowest BCUT2D eigenvalue weighted by Crippen LogP contribution is -2.53. The highest BCUT2D eigenvalue weighted by Crippen LogP contribution is 2.20.